The van der Waals surface area contributed by atoms with Crippen molar-refractivity contribution in [2.75, 3.05) is 20.2 Å². The smallest absolute Gasteiger partial charge is 0.255 e. The number of ether oxygens (including phenoxy) is 1. The third kappa shape index (κ3) is 5.00. The SMILES string of the molecule is COc1ccc(CN2Cc3cc(CC4CCN(Cc5cccnc5)CC4)cc(C)c3C2=O)cc1. The van der Waals surface area contributed by atoms with Crippen molar-refractivity contribution in [1.29, 1.82) is 0 Å². The molecule has 0 N–H and O–H groups in total. The summed E-state index contributed by atoms with van der Waals surface area (Å²) in [7, 11) is 1.67. The van der Waals surface area contributed by atoms with Crippen LogP contribution in [-0.2, 0) is 26.1 Å². The predicted octanol–water partition coefficient (Wildman–Crippen LogP) is 5.01. The van der Waals surface area contributed by atoms with Crippen molar-refractivity contribution in [3.63, 3.8) is 0 Å². The highest BCUT2D eigenvalue weighted by Crippen LogP contribution is 2.31. The molecule has 5 rings (SSSR count). The van der Waals surface area contributed by atoms with E-state index in [1.165, 1.54) is 29.5 Å². The van der Waals surface area contributed by atoms with Crippen LogP contribution in [0.1, 0.15) is 51.0 Å². The molecule has 3 heterocycles. The van der Waals surface area contributed by atoms with Crippen LogP contribution in [0.25, 0.3) is 0 Å². The molecule has 0 atom stereocenters. The molecule has 176 valence electrons. The number of aromatic nitrogens is 1. The van der Waals surface area contributed by atoms with Gasteiger partial charge in [0.15, 0.2) is 0 Å². The van der Waals surface area contributed by atoms with E-state index in [1.807, 2.05) is 47.6 Å². The second-order valence-corrected chi connectivity index (χ2v) is 9.74. The minimum Gasteiger partial charge on any atom is -0.497 e. The maximum atomic E-state index is 13.1. The molecular weight excluding hydrogens is 422 g/mol. The number of benzene rings is 2. The number of nitrogens with zero attached hydrogens (tertiary/aromatic N) is 3. The van der Waals surface area contributed by atoms with Gasteiger partial charge in [-0.2, -0.15) is 0 Å². The predicted molar refractivity (Wildman–Crippen MR) is 134 cm³/mol. The molecule has 0 spiro atoms. The number of fused-ring (bicyclic) bond motifs is 1. The highest BCUT2D eigenvalue weighted by molar-refractivity contribution is 5.99. The molecule has 2 aliphatic rings. The van der Waals surface area contributed by atoms with Crippen LogP contribution >= 0.6 is 0 Å². The summed E-state index contributed by atoms with van der Waals surface area (Å²) in [4.78, 5) is 21.9. The maximum absolute atomic E-state index is 13.1. The van der Waals surface area contributed by atoms with Crippen LogP contribution in [0.5, 0.6) is 5.75 Å². The number of carbonyl (C=O) groups excluding carboxylic acids is 1. The van der Waals surface area contributed by atoms with Gasteiger partial charge in [-0.25, -0.2) is 0 Å². The molecule has 1 aromatic heterocycles. The largest absolute Gasteiger partial charge is 0.497 e. The fraction of sp³-hybridized carbons (Fsp3) is 0.379. The normalized spacial score (nSPS) is 16.6. The number of piperidine rings is 1. The lowest BCUT2D eigenvalue weighted by Gasteiger charge is -2.32. The van der Waals surface area contributed by atoms with Crippen LogP contribution in [-0.4, -0.2) is 40.9 Å². The summed E-state index contributed by atoms with van der Waals surface area (Å²) in [5.41, 5.74) is 6.99. The molecule has 0 bridgehead atoms. The molecule has 0 unspecified atom stereocenters. The van der Waals surface area contributed by atoms with Crippen molar-refractivity contribution in [2.24, 2.45) is 5.92 Å². The van der Waals surface area contributed by atoms with Gasteiger partial charge in [0.1, 0.15) is 5.75 Å². The lowest BCUT2D eigenvalue weighted by molar-refractivity contribution is 0.0766. The summed E-state index contributed by atoms with van der Waals surface area (Å²) in [5.74, 6) is 1.69. The number of hydrogen-bond donors (Lipinski definition) is 0. The fourth-order valence-corrected chi connectivity index (χ4v) is 5.44. The number of likely N-dealkylation sites (tertiary alicyclic amines) is 1. The quantitative estimate of drug-likeness (QED) is 0.502. The molecule has 1 saturated heterocycles. The minimum absolute atomic E-state index is 0.151. The lowest BCUT2D eigenvalue weighted by atomic mass is 9.88. The number of amides is 1. The number of rotatable bonds is 7. The van der Waals surface area contributed by atoms with E-state index in [1.54, 1.807) is 7.11 Å². The molecule has 5 nitrogen and oxygen atoms in total. The second kappa shape index (κ2) is 9.98. The number of hydrogen-bond acceptors (Lipinski definition) is 4. The summed E-state index contributed by atoms with van der Waals surface area (Å²) < 4.78 is 5.25. The van der Waals surface area contributed by atoms with Gasteiger partial charge in [0.2, 0.25) is 0 Å². The van der Waals surface area contributed by atoms with Crippen LogP contribution < -0.4 is 4.74 Å². The van der Waals surface area contributed by atoms with E-state index >= 15 is 0 Å². The summed E-state index contributed by atoms with van der Waals surface area (Å²) in [6.07, 6.45) is 7.35. The monoisotopic (exact) mass is 455 g/mol. The minimum atomic E-state index is 0.151. The average Bonchev–Trinajstić information content (AvgIpc) is 3.16. The zero-order valence-corrected chi connectivity index (χ0v) is 20.2. The van der Waals surface area contributed by atoms with Crippen molar-refractivity contribution in [2.45, 2.75) is 45.8 Å². The number of methoxy groups -OCH3 is 1. The van der Waals surface area contributed by atoms with Crippen LogP contribution in [0.4, 0.5) is 0 Å². The fourth-order valence-electron chi connectivity index (χ4n) is 5.44. The Morgan fingerprint density at radius 1 is 1.00 bits per heavy atom. The van der Waals surface area contributed by atoms with E-state index in [9.17, 15) is 4.79 Å². The lowest BCUT2D eigenvalue weighted by Crippen LogP contribution is -2.33. The number of pyridine rings is 1. The summed E-state index contributed by atoms with van der Waals surface area (Å²) in [6.45, 7) is 6.67. The van der Waals surface area contributed by atoms with Crippen LogP contribution in [0.15, 0.2) is 60.9 Å². The molecule has 34 heavy (non-hydrogen) atoms. The van der Waals surface area contributed by atoms with E-state index in [0.29, 0.717) is 19.0 Å². The van der Waals surface area contributed by atoms with Gasteiger partial charge in [0.05, 0.1) is 7.11 Å². The first-order valence-electron chi connectivity index (χ1n) is 12.2. The zero-order valence-electron chi connectivity index (χ0n) is 20.2. The van der Waals surface area contributed by atoms with Crippen molar-refractivity contribution < 1.29 is 9.53 Å². The molecule has 2 aliphatic heterocycles. The van der Waals surface area contributed by atoms with Gasteiger partial charge in [-0.15, -0.1) is 0 Å². The van der Waals surface area contributed by atoms with E-state index < -0.39 is 0 Å². The van der Waals surface area contributed by atoms with E-state index in [-0.39, 0.29) is 5.91 Å². The van der Waals surface area contributed by atoms with Gasteiger partial charge < -0.3 is 9.64 Å². The van der Waals surface area contributed by atoms with Crippen LogP contribution in [0.2, 0.25) is 0 Å². The van der Waals surface area contributed by atoms with Crippen LogP contribution in [0.3, 0.4) is 0 Å². The molecule has 0 saturated carbocycles. The number of aryl methyl sites for hydroxylation is 1. The van der Waals surface area contributed by atoms with Crippen molar-refractivity contribution in [1.82, 2.24) is 14.8 Å². The Morgan fingerprint density at radius 3 is 2.50 bits per heavy atom. The topological polar surface area (TPSA) is 45.7 Å². The van der Waals surface area contributed by atoms with E-state index in [0.717, 1.165) is 48.5 Å². The Labute approximate surface area is 202 Å². The molecule has 2 aromatic carbocycles. The third-order valence-corrected chi connectivity index (χ3v) is 7.23. The Hall–Kier alpha value is -3.18. The average molecular weight is 456 g/mol. The Morgan fingerprint density at radius 2 is 1.79 bits per heavy atom. The summed E-state index contributed by atoms with van der Waals surface area (Å²) >= 11 is 0. The van der Waals surface area contributed by atoms with E-state index in [2.05, 4.69) is 35.0 Å². The molecule has 0 aliphatic carbocycles. The number of carbonyl (C=O) groups is 1. The van der Waals surface area contributed by atoms with Gasteiger partial charge in [-0.3, -0.25) is 14.7 Å². The maximum Gasteiger partial charge on any atom is 0.255 e. The first-order chi connectivity index (χ1) is 16.6. The van der Waals surface area contributed by atoms with Gasteiger partial charge >= 0.3 is 0 Å². The van der Waals surface area contributed by atoms with Crippen LogP contribution in [0, 0.1) is 12.8 Å². The molecular formula is C29H33N3O2. The van der Waals surface area contributed by atoms with Gasteiger partial charge in [-0.05, 0) is 91.2 Å². The molecule has 3 aromatic rings. The molecule has 1 amide bonds. The van der Waals surface area contributed by atoms with Gasteiger partial charge in [0.25, 0.3) is 5.91 Å². The van der Waals surface area contributed by atoms with Gasteiger partial charge in [-0.1, -0.05) is 30.3 Å². The highest BCUT2D eigenvalue weighted by Gasteiger charge is 2.30. The summed E-state index contributed by atoms with van der Waals surface area (Å²) in [6, 6.07) is 16.7. The van der Waals surface area contributed by atoms with E-state index in [4.69, 9.17) is 4.74 Å². The molecule has 0 radical (unpaired) electrons. The molecule has 1 fully saturated rings. The third-order valence-electron chi connectivity index (χ3n) is 7.23. The zero-order chi connectivity index (χ0) is 23.5. The Kier molecular flexibility index (Phi) is 6.63. The highest BCUT2D eigenvalue weighted by atomic mass is 16.5. The van der Waals surface area contributed by atoms with Crippen molar-refractivity contribution in [3.05, 3.63) is 94.3 Å². The molecule has 5 heteroatoms. The summed E-state index contributed by atoms with van der Waals surface area (Å²) in [5, 5.41) is 0. The first kappa shape index (κ1) is 22.6. The Balaban J connectivity index is 1.19. The second-order valence-electron chi connectivity index (χ2n) is 9.74. The standard InChI is InChI=1S/C29H33N3O2/c1-21-14-25(15-22-9-12-31(13-10-22)18-24-4-3-11-30-17-24)16-26-20-32(29(33)28(21)26)19-23-5-7-27(34-2)8-6-23/h3-8,11,14,16-17,22H,9-10,12-13,15,18-20H2,1-2H3. The Bertz CT molecular complexity index is 1140. The van der Waals surface area contributed by atoms with Crippen molar-refractivity contribution >= 4 is 5.91 Å². The van der Waals surface area contributed by atoms with Crippen molar-refractivity contribution in [3.8, 4) is 5.75 Å². The first-order valence-corrected chi connectivity index (χ1v) is 12.2. The van der Waals surface area contributed by atoms with Gasteiger partial charge in [0, 0.05) is 37.6 Å².